The molecule has 3 nitrogen and oxygen atoms in total. The molecule has 1 aliphatic heterocycles. The molecule has 20 heavy (non-hydrogen) atoms. The summed E-state index contributed by atoms with van der Waals surface area (Å²) in [6.07, 6.45) is 6.90. The van der Waals surface area contributed by atoms with Crippen LogP contribution in [0.2, 0.25) is 0 Å². The number of hydrogen-bond acceptors (Lipinski definition) is 3. The van der Waals surface area contributed by atoms with Crippen molar-refractivity contribution >= 4 is 0 Å². The minimum Gasteiger partial charge on any atom is -0.317 e. The predicted octanol–water partition coefficient (Wildman–Crippen LogP) is 2.43. The molecule has 0 bridgehead atoms. The van der Waals surface area contributed by atoms with Crippen molar-refractivity contribution < 1.29 is 0 Å². The number of rotatable bonds is 5. The topological polar surface area (TPSA) is 18.5 Å². The predicted molar refractivity (Wildman–Crippen MR) is 87.1 cm³/mol. The first kappa shape index (κ1) is 16.3. The highest BCUT2D eigenvalue weighted by molar-refractivity contribution is 4.88. The van der Waals surface area contributed by atoms with E-state index in [1.54, 1.807) is 0 Å². The van der Waals surface area contributed by atoms with E-state index in [0.29, 0.717) is 0 Å². The zero-order valence-electron chi connectivity index (χ0n) is 14.1. The van der Waals surface area contributed by atoms with E-state index in [9.17, 15) is 0 Å². The standard InChI is InChI=1S/C17H35N3/c1-5-14-7-8-17(18-3)15(11-14)12-20-10-9-19(4)16(6-2)13-20/h14-18H,5-13H2,1-4H3. The van der Waals surface area contributed by atoms with Crippen LogP contribution in [0.4, 0.5) is 0 Å². The molecule has 2 rings (SSSR count). The maximum atomic E-state index is 3.59. The molecule has 2 fully saturated rings. The molecule has 1 heterocycles. The number of hydrogen-bond donors (Lipinski definition) is 1. The normalized spacial score (nSPS) is 37.2. The van der Waals surface area contributed by atoms with Crippen LogP contribution >= 0.6 is 0 Å². The van der Waals surface area contributed by atoms with Gasteiger partial charge >= 0.3 is 0 Å². The van der Waals surface area contributed by atoms with E-state index in [1.807, 2.05) is 0 Å². The molecule has 0 radical (unpaired) electrons. The largest absolute Gasteiger partial charge is 0.317 e. The van der Waals surface area contributed by atoms with Crippen molar-refractivity contribution in [3.63, 3.8) is 0 Å². The van der Waals surface area contributed by atoms with E-state index in [-0.39, 0.29) is 0 Å². The first-order valence-electron chi connectivity index (χ1n) is 8.77. The van der Waals surface area contributed by atoms with E-state index in [4.69, 9.17) is 0 Å². The lowest BCUT2D eigenvalue weighted by Gasteiger charge is -2.43. The maximum absolute atomic E-state index is 3.59. The summed E-state index contributed by atoms with van der Waals surface area (Å²) >= 11 is 0. The van der Waals surface area contributed by atoms with Crippen LogP contribution in [0.25, 0.3) is 0 Å². The first-order chi connectivity index (χ1) is 9.67. The van der Waals surface area contributed by atoms with Gasteiger partial charge in [0, 0.05) is 38.3 Å². The highest BCUT2D eigenvalue weighted by Crippen LogP contribution is 2.32. The molecule has 0 aromatic rings. The Morgan fingerprint density at radius 3 is 2.55 bits per heavy atom. The molecule has 1 aliphatic carbocycles. The zero-order chi connectivity index (χ0) is 14.5. The van der Waals surface area contributed by atoms with Gasteiger partial charge in [0.05, 0.1) is 0 Å². The Kier molecular flexibility index (Phi) is 6.31. The average molecular weight is 281 g/mol. The molecule has 4 unspecified atom stereocenters. The number of nitrogens with one attached hydrogen (secondary N) is 1. The fraction of sp³-hybridized carbons (Fsp3) is 1.00. The van der Waals surface area contributed by atoms with Crippen LogP contribution in [0.5, 0.6) is 0 Å². The van der Waals surface area contributed by atoms with Crippen LogP contribution in [0.15, 0.2) is 0 Å². The molecule has 2 aliphatic rings. The first-order valence-corrected chi connectivity index (χ1v) is 8.77. The van der Waals surface area contributed by atoms with Gasteiger partial charge < -0.3 is 15.1 Å². The minimum atomic E-state index is 0.748. The highest BCUT2D eigenvalue weighted by atomic mass is 15.3. The van der Waals surface area contributed by atoms with Gasteiger partial charge in [0.25, 0.3) is 0 Å². The van der Waals surface area contributed by atoms with Gasteiger partial charge in [0.2, 0.25) is 0 Å². The molecule has 0 aromatic carbocycles. The van der Waals surface area contributed by atoms with Crippen molar-refractivity contribution in [1.82, 2.24) is 15.1 Å². The molecule has 118 valence electrons. The number of nitrogens with zero attached hydrogens (tertiary/aromatic N) is 2. The Hall–Kier alpha value is -0.120. The van der Waals surface area contributed by atoms with Crippen molar-refractivity contribution in [2.24, 2.45) is 11.8 Å². The molecule has 1 saturated heterocycles. The van der Waals surface area contributed by atoms with Crippen LogP contribution in [0.1, 0.15) is 46.0 Å². The maximum Gasteiger partial charge on any atom is 0.0218 e. The highest BCUT2D eigenvalue weighted by Gasteiger charge is 2.32. The lowest BCUT2D eigenvalue weighted by Crippen LogP contribution is -2.54. The fourth-order valence-electron chi connectivity index (χ4n) is 4.26. The van der Waals surface area contributed by atoms with Crippen LogP contribution in [0, 0.1) is 11.8 Å². The van der Waals surface area contributed by atoms with E-state index in [2.05, 4.69) is 43.1 Å². The van der Waals surface area contributed by atoms with Crippen molar-refractivity contribution in [3.8, 4) is 0 Å². The third-order valence-corrected chi connectivity index (χ3v) is 5.86. The third kappa shape index (κ3) is 3.96. The van der Waals surface area contributed by atoms with Crippen molar-refractivity contribution in [1.29, 1.82) is 0 Å². The van der Waals surface area contributed by atoms with Gasteiger partial charge in [0.15, 0.2) is 0 Å². The van der Waals surface area contributed by atoms with Crippen molar-refractivity contribution in [3.05, 3.63) is 0 Å². The molecule has 3 heteroatoms. The third-order valence-electron chi connectivity index (χ3n) is 5.86. The van der Waals surface area contributed by atoms with Crippen LogP contribution in [-0.4, -0.2) is 62.2 Å². The van der Waals surface area contributed by atoms with Crippen molar-refractivity contribution in [2.45, 2.75) is 58.0 Å². The molecular weight excluding hydrogens is 246 g/mol. The molecule has 1 saturated carbocycles. The Labute approximate surface area is 126 Å². The second-order valence-corrected chi connectivity index (χ2v) is 7.04. The van der Waals surface area contributed by atoms with Gasteiger partial charge in [-0.05, 0) is 51.6 Å². The monoisotopic (exact) mass is 281 g/mol. The molecular formula is C17H35N3. The molecule has 0 aromatic heterocycles. The van der Waals surface area contributed by atoms with E-state index >= 15 is 0 Å². The zero-order valence-corrected chi connectivity index (χ0v) is 14.1. The summed E-state index contributed by atoms with van der Waals surface area (Å²) < 4.78 is 0. The van der Waals surface area contributed by atoms with Crippen LogP contribution in [0.3, 0.4) is 0 Å². The lowest BCUT2D eigenvalue weighted by molar-refractivity contribution is 0.0631. The Morgan fingerprint density at radius 2 is 1.90 bits per heavy atom. The quantitative estimate of drug-likeness (QED) is 0.835. The Morgan fingerprint density at radius 1 is 1.10 bits per heavy atom. The summed E-state index contributed by atoms with van der Waals surface area (Å²) in [5.74, 6) is 1.83. The minimum absolute atomic E-state index is 0.748. The summed E-state index contributed by atoms with van der Waals surface area (Å²) in [5.41, 5.74) is 0. The number of likely N-dealkylation sites (N-methyl/N-ethyl adjacent to an activating group) is 1. The van der Waals surface area contributed by atoms with Gasteiger partial charge in [-0.15, -0.1) is 0 Å². The molecule has 0 spiro atoms. The molecule has 0 amide bonds. The van der Waals surface area contributed by atoms with Gasteiger partial charge in [-0.3, -0.25) is 0 Å². The van der Waals surface area contributed by atoms with Crippen molar-refractivity contribution in [2.75, 3.05) is 40.3 Å². The summed E-state index contributed by atoms with van der Waals surface area (Å²) in [7, 11) is 4.44. The van der Waals surface area contributed by atoms with E-state index in [0.717, 1.165) is 23.9 Å². The van der Waals surface area contributed by atoms with Gasteiger partial charge in [-0.25, -0.2) is 0 Å². The smallest absolute Gasteiger partial charge is 0.0218 e. The van der Waals surface area contributed by atoms with Crippen LogP contribution < -0.4 is 5.32 Å². The van der Waals surface area contributed by atoms with Gasteiger partial charge in [0.1, 0.15) is 0 Å². The molecule has 1 N–H and O–H groups in total. The molecule has 4 atom stereocenters. The van der Waals surface area contributed by atoms with Crippen LogP contribution in [-0.2, 0) is 0 Å². The number of piperazine rings is 1. The second-order valence-electron chi connectivity index (χ2n) is 7.04. The summed E-state index contributed by atoms with van der Waals surface area (Å²) in [6, 6.07) is 1.51. The summed E-state index contributed by atoms with van der Waals surface area (Å²) in [5, 5.41) is 3.59. The average Bonchev–Trinajstić information content (AvgIpc) is 2.49. The van der Waals surface area contributed by atoms with E-state index in [1.165, 1.54) is 58.3 Å². The second kappa shape index (κ2) is 7.77. The SMILES string of the molecule is CCC1CCC(NC)C(CN2CCN(C)C(CC)C2)C1. The summed E-state index contributed by atoms with van der Waals surface area (Å²) in [6.45, 7) is 9.78. The Balaban J connectivity index is 1.89. The fourth-order valence-corrected chi connectivity index (χ4v) is 4.26. The Bertz CT molecular complexity index is 281. The van der Waals surface area contributed by atoms with Gasteiger partial charge in [-0.2, -0.15) is 0 Å². The summed E-state index contributed by atoms with van der Waals surface area (Å²) in [4.78, 5) is 5.28. The van der Waals surface area contributed by atoms with Gasteiger partial charge in [-0.1, -0.05) is 20.3 Å². The van der Waals surface area contributed by atoms with E-state index < -0.39 is 0 Å². The lowest BCUT2D eigenvalue weighted by atomic mass is 9.76.